The normalized spacial score (nSPS) is 57.9. The third-order valence-electron chi connectivity index (χ3n) is 3.03. The van der Waals surface area contributed by atoms with E-state index < -0.39 is 0 Å². The van der Waals surface area contributed by atoms with E-state index >= 15 is 0 Å². The number of epoxide rings is 1. The molecule has 0 aromatic heterocycles. The average molecular weight is 141 g/mol. The van der Waals surface area contributed by atoms with Gasteiger partial charge >= 0.3 is 0 Å². The van der Waals surface area contributed by atoms with Crippen LogP contribution in [-0.2, 0) is 4.74 Å². The summed E-state index contributed by atoms with van der Waals surface area (Å²) in [5, 5.41) is 0. The maximum absolute atomic E-state index is 5.87. The maximum Gasteiger partial charge on any atom is 0.103 e. The molecular weight excluding hydrogens is 126 g/mol. The zero-order valence-electron chi connectivity index (χ0n) is 6.79. The van der Waals surface area contributed by atoms with Crippen LogP contribution in [0.25, 0.3) is 0 Å². The third kappa shape index (κ3) is 0.523. The first-order valence-corrected chi connectivity index (χ1v) is 4.01. The molecular formula is C8H15NO. The standard InChI is InChI=1S/C8H15NO/c1-4(2)5-6(9)7-8(5,3)10-7/h4-7H,9H2,1-3H3/t5-,6+,7?,8-/m0/s1. The van der Waals surface area contributed by atoms with Crippen LogP contribution in [0.5, 0.6) is 0 Å². The van der Waals surface area contributed by atoms with Crippen molar-refractivity contribution >= 4 is 0 Å². The minimum atomic E-state index is 0.174. The maximum atomic E-state index is 5.87. The monoisotopic (exact) mass is 141 g/mol. The summed E-state index contributed by atoms with van der Waals surface area (Å²) in [6.45, 7) is 6.60. The van der Waals surface area contributed by atoms with Gasteiger partial charge in [0.1, 0.15) is 6.10 Å². The van der Waals surface area contributed by atoms with Crippen molar-refractivity contribution in [2.24, 2.45) is 17.6 Å². The zero-order valence-corrected chi connectivity index (χ0v) is 6.79. The number of rotatable bonds is 1. The largest absolute Gasteiger partial charge is 0.364 e. The second kappa shape index (κ2) is 1.56. The van der Waals surface area contributed by atoms with Gasteiger partial charge in [-0.25, -0.2) is 0 Å². The number of fused-ring (bicyclic) bond motifs is 1. The van der Waals surface area contributed by atoms with E-state index in [4.69, 9.17) is 10.5 Å². The highest BCUT2D eigenvalue weighted by molar-refractivity contribution is 5.23. The fourth-order valence-corrected chi connectivity index (χ4v) is 2.53. The summed E-state index contributed by atoms with van der Waals surface area (Å²) >= 11 is 0. The summed E-state index contributed by atoms with van der Waals surface area (Å²) in [5.74, 6) is 1.26. The lowest BCUT2D eigenvalue weighted by molar-refractivity contribution is 0.159. The van der Waals surface area contributed by atoms with E-state index in [0.717, 1.165) is 0 Å². The summed E-state index contributed by atoms with van der Waals surface area (Å²) in [6, 6.07) is 0.310. The minimum Gasteiger partial charge on any atom is -0.364 e. The van der Waals surface area contributed by atoms with Crippen LogP contribution < -0.4 is 5.73 Å². The molecule has 1 saturated heterocycles. The Kier molecular flexibility index (Phi) is 1.03. The second-order valence-corrected chi connectivity index (χ2v) is 4.07. The van der Waals surface area contributed by atoms with Crippen LogP contribution in [0.1, 0.15) is 20.8 Å². The molecule has 4 atom stereocenters. The van der Waals surface area contributed by atoms with Gasteiger partial charge in [-0.05, 0) is 12.8 Å². The van der Waals surface area contributed by atoms with Crippen molar-refractivity contribution in [2.45, 2.75) is 38.5 Å². The van der Waals surface area contributed by atoms with E-state index in [0.29, 0.717) is 24.0 Å². The Morgan fingerprint density at radius 2 is 2.10 bits per heavy atom. The van der Waals surface area contributed by atoms with Crippen LogP contribution in [-0.4, -0.2) is 17.7 Å². The van der Waals surface area contributed by atoms with Gasteiger partial charge in [-0.15, -0.1) is 0 Å². The lowest BCUT2D eigenvalue weighted by Gasteiger charge is -2.38. The molecule has 2 nitrogen and oxygen atoms in total. The first-order chi connectivity index (χ1) is 4.57. The summed E-state index contributed by atoms with van der Waals surface area (Å²) in [4.78, 5) is 0. The van der Waals surface area contributed by atoms with E-state index in [9.17, 15) is 0 Å². The molecule has 58 valence electrons. The van der Waals surface area contributed by atoms with Gasteiger partial charge in [-0.3, -0.25) is 0 Å². The van der Waals surface area contributed by atoms with Gasteiger partial charge in [0.2, 0.25) is 0 Å². The molecule has 1 aliphatic carbocycles. The molecule has 2 rings (SSSR count). The molecule has 2 heteroatoms. The van der Waals surface area contributed by atoms with E-state index in [1.54, 1.807) is 0 Å². The molecule has 1 saturated carbocycles. The lowest BCUT2D eigenvalue weighted by Crippen LogP contribution is -2.56. The topological polar surface area (TPSA) is 38.5 Å². The van der Waals surface area contributed by atoms with E-state index in [1.807, 2.05) is 0 Å². The fraction of sp³-hybridized carbons (Fsp3) is 1.00. The predicted octanol–water partition coefficient (Wildman–Crippen LogP) is 0.757. The summed E-state index contributed by atoms with van der Waals surface area (Å²) in [6.07, 6.45) is 0.389. The highest BCUT2D eigenvalue weighted by Gasteiger charge is 2.72. The van der Waals surface area contributed by atoms with Crippen molar-refractivity contribution in [3.8, 4) is 0 Å². The Labute approximate surface area is 61.7 Å². The van der Waals surface area contributed by atoms with Crippen molar-refractivity contribution in [1.82, 2.24) is 0 Å². The molecule has 0 radical (unpaired) electrons. The molecule has 1 heterocycles. The van der Waals surface area contributed by atoms with Crippen LogP contribution in [0.15, 0.2) is 0 Å². The SMILES string of the molecule is CC(C)[C@H]1[C@@H](N)C2O[C@]21C. The molecule has 1 unspecified atom stereocenters. The summed E-state index contributed by atoms with van der Waals surface area (Å²) < 4.78 is 5.48. The molecule has 10 heavy (non-hydrogen) atoms. The van der Waals surface area contributed by atoms with E-state index in [1.165, 1.54) is 0 Å². The minimum absolute atomic E-state index is 0.174. The van der Waals surface area contributed by atoms with Crippen molar-refractivity contribution in [1.29, 1.82) is 0 Å². The molecule has 0 aromatic carbocycles. The van der Waals surface area contributed by atoms with Gasteiger partial charge in [0.15, 0.2) is 0 Å². The molecule has 0 spiro atoms. The highest BCUT2D eigenvalue weighted by Crippen LogP contribution is 2.59. The van der Waals surface area contributed by atoms with Gasteiger partial charge in [-0.2, -0.15) is 0 Å². The van der Waals surface area contributed by atoms with Crippen molar-refractivity contribution in [2.75, 3.05) is 0 Å². The third-order valence-corrected chi connectivity index (χ3v) is 3.03. The van der Waals surface area contributed by atoms with Crippen molar-refractivity contribution in [3.63, 3.8) is 0 Å². The average Bonchev–Trinajstić information content (AvgIpc) is 2.36. The zero-order chi connectivity index (χ0) is 7.52. The van der Waals surface area contributed by atoms with E-state index in [-0.39, 0.29) is 5.60 Å². The quantitative estimate of drug-likeness (QED) is 0.547. The molecule has 0 bridgehead atoms. The van der Waals surface area contributed by atoms with Gasteiger partial charge in [0.05, 0.1) is 5.60 Å². The van der Waals surface area contributed by atoms with Crippen LogP contribution in [0.3, 0.4) is 0 Å². The van der Waals surface area contributed by atoms with Crippen LogP contribution >= 0.6 is 0 Å². The molecule has 0 aromatic rings. The van der Waals surface area contributed by atoms with Crippen LogP contribution in [0.4, 0.5) is 0 Å². The second-order valence-electron chi connectivity index (χ2n) is 4.07. The molecule has 2 aliphatic rings. The Hall–Kier alpha value is -0.0800. The number of nitrogens with two attached hydrogens (primary N) is 1. The van der Waals surface area contributed by atoms with Gasteiger partial charge in [-0.1, -0.05) is 13.8 Å². The molecule has 2 fully saturated rings. The smallest absolute Gasteiger partial charge is 0.103 e. The lowest BCUT2D eigenvalue weighted by atomic mass is 9.65. The van der Waals surface area contributed by atoms with Crippen LogP contribution in [0, 0.1) is 11.8 Å². The van der Waals surface area contributed by atoms with Gasteiger partial charge < -0.3 is 10.5 Å². The first-order valence-electron chi connectivity index (χ1n) is 4.01. The number of hydrogen-bond donors (Lipinski definition) is 1. The Morgan fingerprint density at radius 1 is 1.50 bits per heavy atom. The van der Waals surface area contributed by atoms with Crippen molar-refractivity contribution in [3.05, 3.63) is 0 Å². The van der Waals surface area contributed by atoms with Gasteiger partial charge in [0.25, 0.3) is 0 Å². The molecule has 2 N–H and O–H groups in total. The van der Waals surface area contributed by atoms with E-state index in [2.05, 4.69) is 20.8 Å². The van der Waals surface area contributed by atoms with Crippen molar-refractivity contribution < 1.29 is 4.74 Å². The Bertz CT molecular complexity index is 169. The predicted molar refractivity (Wildman–Crippen MR) is 39.6 cm³/mol. The summed E-state index contributed by atoms with van der Waals surface area (Å²) in [5.41, 5.74) is 6.04. The fourth-order valence-electron chi connectivity index (χ4n) is 2.53. The summed E-state index contributed by atoms with van der Waals surface area (Å²) in [7, 11) is 0. The Morgan fingerprint density at radius 3 is 2.30 bits per heavy atom. The van der Waals surface area contributed by atoms with Gasteiger partial charge in [0, 0.05) is 12.0 Å². The number of ether oxygens (including phenoxy) is 1. The molecule has 0 amide bonds. The first kappa shape index (κ1) is 6.62. The Balaban J connectivity index is 2.10. The van der Waals surface area contributed by atoms with Crippen LogP contribution in [0.2, 0.25) is 0 Å². The highest BCUT2D eigenvalue weighted by atomic mass is 16.6. The molecule has 1 aliphatic heterocycles. The number of hydrogen-bond acceptors (Lipinski definition) is 2.